The molecular weight excluding hydrogens is 316 g/mol. The van der Waals surface area contributed by atoms with Crippen molar-refractivity contribution in [2.24, 2.45) is 34.5 Å². The molecule has 0 heterocycles. The summed E-state index contributed by atoms with van der Waals surface area (Å²) in [6.07, 6.45) is 10.7. The fraction of sp³-hybridized carbons (Fsp3) is 0.905. The molecule has 0 aromatic heterocycles. The Labute approximate surface area is 151 Å². The largest absolute Gasteiger partial charge is 0.481 e. The third-order valence-electron chi connectivity index (χ3n) is 8.43. The lowest BCUT2D eigenvalue weighted by Crippen LogP contribution is -2.51. The molecule has 3 aliphatic rings. The Morgan fingerprint density at radius 2 is 1.64 bits per heavy atom. The van der Waals surface area contributed by atoms with E-state index < -0.39 is 11.9 Å². The minimum Gasteiger partial charge on any atom is -0.481 e. The van der Waals surface area contributed by atoms with E-state index in [1.54, 1.807) is 0 Å². The van der Waals surface area contributed by atoms with Gasteiger partial charge < -0.3 is 10.2 Å². The lowest BCUT2D eigenvalue weighted by molar-refractivity contribution is -0.142. The SMILES string of the molecule is C[C@]12CCC[C@@H]1[C@@H]1CC[C@H](CCC(=O)O)[C@](C)(CCC(=O)O)[C@@H]1CC2. The monoisotopic (exact) mass is 350 g/mol. The van der Waals surface area contributed by atoms with Crippen LogP contribution in [0, 0.1) is 34.5 Å². The molecule has 3 aliphatic carbocycles. The maximum atomic E-state index is 11.3. The van der Waals surface area contributed by atoms with Crippen LogP contribution < -0.4 is 0 Å². The minimum atomic E-state index is -0.727. The van der Waals surface area contributed by atoms with E-state index in [4.69, 9.17) is 5.11 Å². The molecule has 6 atom stereocenters. The Kier molecular flexibility index (Phi) is 5.18. The molecule has 3 rings (SSSR count). The first kappa shape index (κ1) is 18.7. The van der Waals surface area contributed by atoms with Crippen molar-refractivity contribution in [2.45, 2.75) is 84.5 Å². The van der Waals surface area contributed by atoms with Crippen molar-refractivity contribution in [1.29, 1.82) is 0 Å². The van der Waals surface area contributed by atoms with Crippen molar-refractivity contribution in [3.63, 3.8) is 0 Å². The van der Waals surface area contributed by atoms with Crippen molar-refractivity contribution in [3.05, 3.63) is 0 Å². The summed E-state index contributed by atoms with van der Waals surface area (Å²) in [6, 6.07) is 0. The molecule has 3 fully saturated rings. The van der Waals surface area contributed by atoms with Gasteiger partial charge in [0, 0.05) is 12.8 Å². The molecule has 0 aliphatic heterocycles. The number of carboxylic acids is 2. The summed E-state index contributed by atoms with van der Waals surface area (Å²) < 4.78 is 0. The van der Waals surface area contributed by atoms with Gasteiger partial charge in [-0.25, -0.2) is 0 Å². The quantitative estimate of drug-likeness (QED) is 0.709. The standard InChI is InChI=1S/C21H34O4/c1-20-11-3-4-16(20)15-7-5-14(6-8-18(22)23)21(2,13-10-19(24)25)17(15)9-12-20/h14-17H,3-13H2,1-2H3,(H,22,23)(H,24,25)/t14-,15+,16-,17-,20-,21+/m1/s1. The van der Waals surface area contributed by atoms with Crippen LogP contribution in [0.5, 0.6) is 0 Å². The van der Waals surface area contributed by atoms with Crippen LogP contribution in [0.1, 0.15) is 84.5 Å². The van der Waals surface area contributed by atoms with E-state index in [9.17, 15) is 14.7 Å². The van der Waals surface area contributed by atoms with Crippen molar-refractivity contribution < 1.29 is 19.8 Å². The highest BCUT2D eigenvalue weighted by atomic mass is 16.4. The van der Waals surface area contributed by atoms with E-state index in [1.807, 2.05) is 0 Å². The number of rotatable bonds is 6. The predicted molar refractivity (Wildman–Crippen MR) is 96.2 cm³/mol. The lowest BCUT2D eigenvalue weighted by Gasteiger charge is -2.58. The van der Waals surface area contributed by atoms with E-state index in [0.717, 1.165) is 18.3 Å². The minimum absolute atomic E-state index is 0.0132. The van der Waals surface area contributed by atoms with E-state index >= 15 is 0 Å². The zero-order valence-corrected chi connectivity index (χ0v) is 15.8. The van der Waals surface area contributed by atoms with Crippen molar-refractivity contribution in [3.8, 4) is 0 Å². The summed E-state index contributed by atoms with van der Waals surface area (Å²) in [4.78, 5) is 22.4. The second-order valence-electron chi connectivity index (χ2n) is 9.57. The molecule has 3 saturated carbocycles. The van der Waals surface area contributed by atoms with Gasteiger partial charge in [-0.05, 0) is 85.9 Å². The number of carboxylic acid groups (broad SMARTS) is 2. The van der Waals surface area contributed by atoms with Gasteiger partial charge in [0.05, 0.1) is 0 Å². The van der Waals surface area contributed by atoms with Crippen LogP contribution in [0.15, 0.2) is 0 Å². The molecule has 2 N–H and O–H groups in total. The third-order valence-corrected chi connectivity index (χ3v) is 8.43. The number of aliphatic carboxylic acids is 2. The Morgan fingerprint density at radius 3 is 2.32 bits per heavy atom. The van der Waals surface area contributed by atoms with Gasteiger partial charge >= 0.3 is 11.9 Å². The molecule has 4 heteroatoms. The van der Waals surface area contributed by atoms with Gasteiger partial charge in [0.1, 0.15) is 0 Å². The first-order chi connectivity index (χ1) is 11.8. The van der Waals surface area contributed by atoms with Crippen LogP contribution >= 0.6 is 0 Å². The normalized spacial score (nSPS) is 43.3. The summed E-state index contributed by atoms with van der Waals surface area (Å²) >= 11 is 0. The van der Waals surface area contributed by atoms with E-state index in [1.165, 1.54) is 38.5 Å². The fourth-order valence-corrected chi connectivity index (χ4v) is 7.07. The molecule has 0 unspecified atom stereocenters. The van der Waals surface area contributed by atoms with Crippen molar-refractivity contribution in [2.75, 3.05) is 0 Å². The number of fused-ring (bicyclic) bond motifs is 3. The zero-order valence-electron chi connectivity index (χ0n) is 15.8. The van der Waals surface area contributed by atoms with Crippen LogP contribution in [0.4, 0.5) is 0 Å². The molecule has 0 bridgehead atoms. The summed E-state index contributed by atoms with van der Waals surface area (Å²) in [5.74, 6) is 1.01. The Hall–Kier alpha value is -1.06. The average molecular weight is 350 g/mol. The first-order valence-corrected chi connectivity index (χ1v) is 10.2. The molecule has 0 spiro atoms. The highest BCUT2D eigenvalue weighted by Gasteiger charge is 2.56. The first-order valence-electron chi connectivity index (χ1n) is 10.2. The number of carbonyl (C=O) groups is 2. The fourth-order valence-electron chi connectivity index (χ4n) is 7.07. The molecule has 0 saturated heterocycles. The Balaban J connectivity index is 1.83. The van der Waals surface area contributed by atoms with Crippen LogP contribution in [-0.2, 0) is 9.59 Å². The summed E-state index contributed by atoms with van der Waals surface area (Å²) in [5, 5.41) is 18.4. The molecule has 0 aromatic carbocycles. The lowest BCUT2D eigenvalue weighted by atomic mass is 9.46. The van der Waals surface area contributed by atoms with Gasteiger partial charge in [-0.15, -0.1) is 0 Å². The maximum absolute atomic E-state index is 11.3. The molecule has 0 amide bonds. The molecule has 0 aromatic rings. The molecule has 4 nitrogen and oxygen atoms in total. The van der Waals surface area contributed by atoms with Gasteiger partial charge in [-0.1, -0.05) is 20.3 Å². The Bertz CT molecular complexity index is 530. The van der Waals surface area contributed by atoms with Gasteiger partial charge in [0.2, 0.25) is 0 Å². The van der Waals surface area contributed by atoms with Crippen LogP contribution in [-0.4, -0.2) is 22.2 Å². The maximum Gasteiger partial charge on any atom is 0.303 e. The number of hydrogen-bond acceptors (Lipinski definition) is 2. The Morgan fingerprint density at radius 1 is 0.920 bits per heavy atom. The predicted octanol–water partition coefficient (Wildman–Crippen LogP) is 4.96. The number of hydrogen-bond donors (Lipinski definition) is 2. The third kappa shape index (κ3) is 3.46. The van der Waals surface area contributed by atoms with E-state index in [0.29, 0.717) is 30.1 Å². The zero-order chi connectivity index (χ0) is 18.2. The molecule has 142 valence electrons. The van der Waals surface area contributed by atoms with Crippen molar-refractivity contribution in [1.82, 2.24) is 0 Å². The molecule has 0 radical (unpaired) electrons. The molecular formula is C21H34O4. The van der Waals surface area contributed by atoms with Gasteiger partial charge in [-0.2, -0.15) is 0 Å². The summed E-state index contributed by atoms with van der Waals surface area (Å²) in [7, 11) is 0. The van der Waals surface area contributed by atoms with Crippen LogP contribution in [0.3, 0.4) is 0 Å². The average Bonchev–Trinajstić information content (AvgIpc) is 2.94. The molecule has 25 heavy (non-hydrogen) atoms. The highest BCUT2D eigenvalue weighted by Crippen LogP contribution is 2.65. The van der Waals surface area contributed by atoms with E-state index in [2.05, 4.69) is 13.8 Å². The topological polar surface area (TPSA) is 74.6 Å². The van der Waals surface area contributed by atoms with E-state index in [-0.39, 0.29) is 18.3 Å². The van der Waals surface area contributed by atoms with Gasteiger partial charge in [-0.3, -0.25) is 9.59 Å². The highest BCUT2D eigenvalue weighted by molar-refractivity contribution is 5.67. The van der Waals surface area contributed by atoms with Gasteiger partial charge in [0.25, 0.3) is 0 Å². The summed E-state index contributed by atoms with van der Waals surface area (Å²) in [6.45, 7) is 4.77. The van der Waals surface area contributed by atoms with Crippen LogP contribution in [0.25, 0.3) is 0 Å². The summed E-state index contributed by atoms with van der Waals surface area (Å²) in [5.41, 5.74) is 0.490. The second-order valence-corrected chi connectivity index (χ2v) is 9.57. The van der Waals surface area contributed by atoms with Crippen molar-refractivity contribution >= 4 is 11.9 Å². The van der Waals surface area contributed by atoms with Crippen LogP contribution in [0.2, 0.25) is 0 Å². The second kappa shape index (κ2) is 6.92. The van der Waals surface area contributed by atoms with Gasteiger partial charge in [0.15, 0.2) is 0 Å². The smallest absolute Gasteiger partial charge is 0.303 e.